The molecule has 0 radical (unpaired) electrons. The zero-order valence-electron chi connectivity index (χ0n) is 9.42. The van der Waals surface area contributed by atoms with Gasteiger partial charge in [-0.3, -0.25) is 0 Å². The minimum absolute atomic E-state index is 0.0290. The summed E-state index contributed by atoms with van der Waals surface area (Å²) in [4.78, 5) is 0. The van der Waals surface area contributed by atoms with E-state index in [1.165, 1.54) is 0 Å². The van der Waals surface area contributed by atoms with Crippen LogP contribution in [0.3, 0.4) is 0 Å². The number of aromatic nitrogens is 1. The van der Waals surface area contributed by atoms with E-state index < -0.39 is 0 Å². The summed E-state index contributed by atoms with van der Waals surface area (Å²) in [5.41, 5.74) is 0.772. The van der Waals surface area contributed by atoms with E-state index in [4.69, 9.17) is 19.1 Å². The molecule has 1 aromatic heterocycles. The van der Waals surface area contributed by atoms with Crippen LogP contribution in [-0.2, 0) is 13.2 Å². The number of ether oxygens (including phenoxy) is 2. The van der Waals surface area contributed by atoms with Crippen LogP contribution in [0.2, 0.25) is 0 Å². The third-order valence-electron chi connectivity index (χ3n) is 2.27. The van der Waals surface area contributed by atoms with Crippen molar-refractivity contribution < 1.29 is 19.1 Å². The van der Waals surface area contributed by atoms with E-state index in [2.05, 4.69) is 5.16 Å². The first-order chi connectivity index (χ1) is 8.33. The summed E-state index contributed by atoms with van der Waals surface area (Å²) in [6, 6.07) is 6.99. The number of aliphatic hydroxyl groups excluding tert-OH is 1. The second kappa shape index (κ2) is 5.36. The Hall–Kier alpha value is -2.01. The maximum Gasteiger partial charge on any atom is 0.174 e. The normalized spacial score (nSPS) is 10.2. The van der Waals surface area contributed by atoms with Gasteiger partial charge in [-0.25, -0.2) is 0 Å². The van der Waals surface area contributed by atoms with Crippen LogP contribution >= 0.6 is 0 Å². The molecule has 0 saturated heterocycles. The molecule has 5 heteroatoms. The molecule has 0 unspecified atom stereocenters. The van der Waals surface area contributed by atoms with Crippen LogP contribution in [0.1, 0.15) is 11.3 Å². The van der Waals surface area contributed by atoms with Crippen molar-refractivity contribution in [1.82, 2.24) is 5.16 Å². The number of rotatable bonds is 5. The summed E-state index contributed by atoms with van der Waals surface area (Å²) in [7, 11) is 1.55. The Morgan fingerprint density at radius 3 is 2.82 bits per heavy atom. The van der Waals surface area contributed by atoms with Gasteiger partial charge < -0.3 is 19.1 Å². The van der Waals surface area contributed by atoms with Crippen LogP contribution in [0.5, 0.6) is 11.5 Å². The number of benzene rings is 1. The van der Waals surface area contributed by atoms with E-state index in [0.29, 0.717) is 17.3 Å². The number of nitrogens with zero attached hydrogens (tertiary/aromatic N) is 1. The van der Waals surface area contributed by atoms with Gasteiger partial charge in [-0.05, 0) is 17.7 Å². The van der Waals surface area contributed by atoms with Crippen molar-refractivity contribution in [3.8, 4) is 11.5 Å². The highest BCUT2D eigenvalue weighted by Gasteiger charge is 2.06. The molecule has 0 spiro atoms. The molecule has 0 aliphatic heterocycles. The molecular formula is C12H13NO4. The summed E-state index contributed by atoms with van der Waals surface area (Å²) >= 11 is 0. The molecule has 0 aliphatic rings. The average molecular weight is 235 g/mol. The summed E-state index contributed by atoms with van der Waals surface area (Å²) in [5, 5.41) is 12.6. The molecule has 17 heavy (non-hydrogen) atoms. The van der Waals surface area contributed by atoms with E-state index in [-0.39, 0.29) is 13.2 Å². The lowest BCUT2D eigenvalue weighted by Gasteiger charge is -2.10. The standard InChI is InChI=1S/C12H13NO4/c1-15-12-6-9(7-14)2-3-11(12)16-8-10-4-5-13-17-10/h2-6,14H,7-8H2,1H3. The third kappa shape index (κ3) is 2.76. The molecule has 0 bridgehead atoms. The molecule has 0 fully saturated rings. The van der Waals surface area contributed by atoms with Gasteiger partial charge in [0.2, 0.25) is 0 Å². The Kier molecular flexibility index (Phi) is 3.62. The van der Waals surface area contributed by atoms with Gasteiger partial charge in [0.1, 0.15) is 6.61 Å². The minimum Gasteiger partial charge on any atom is -0.493 e. The maximum atomic E-state index is 9.01. The Bertz CT molecular complexity index is 467. The molecule has 90 valence electrons. The lowest BCUT2D eigenvalue weighted by molar-refractivity contribution is 0.238. The summed E-state index contributed by atoms with van der Waals surface area (Å²) < 4.78 is 15.6. The third-order valence-corrected chi connectivity index (χ3v) is 2.27. The number of hydrogen-bond donors (Lipinski definition) is 1. The first-order valence-electron chi connectivity index (χ1n) is 5.13. The van der Waals surface area contributed by atoms with Crippen LogP contribution in [0.4, 0.5) is 0 Å². The van der Waals surface area contributed by atoms with E-state index in [9.17, 15) is 0 Å². The smallest absolute Gasteiger partial charge is 0.174 e. The quantitative estimate of drug-likeness (QED) is 0.855. The van der Waals surface area contributed by atoms with Gasteiger partial charge in [0, 0.05) is 6.07 Å². The largest absolute Gasteiger partial charge is 0.493 e. The van der Waals surface area contributed by atoms with Gasteiger partial charge in [0.15, 0.2) is 17.3 Å². The molecule has 0 aliphatic carbocycles. The van der Waals surface area contributed by atoms with E-state index in [1.807, 2.05) is 0 Å². The predicted molar refractivity (Wildman–Crippen MR) is 59.8 cm³/mol. The topological polar surface area (TPSA) is 64.7 Å². The Balaban J connectivity index is 2.09. The maximum absolute atomic E-state index is 9.01. The fraction of sp³-hybridized carbons (Fsp3) is 0.250. The van der Waals surface area contributed by atoms with Crippen molar-refractivity contribution in [1.29, 1.82) is 0 Å². The molecule has 2 rings (SSSR count). The van der Waals surface area contributed by atoms with Crippen molar-refractivity contribution >= 4 is 0 Å². The zero-order valence-corrected chi connectivity index (χ0v) is 9.42. The highest BCUT2D eigenvalue weighted by molar-refractivity contribution is 5.42. The first-order valence-corrected chi connectivity index (χ1v) is 5.13. The van der Waals surface area contributed by atoms with E-state index >= 15 is 0 Å². The summed E-state index contributed by atoms with van der Waals surface area (Å²) in [6.07, 6.45) is 1.56. The number of methoxy groups -OCH3 is 1. The van der Waals surface area contributed by atoms with Crippen molar-refractivity contribution in [2.45, 2.75) is 13.2 Å². The Morgan fingerprint density at radius 2 is 2.18 bits per heavy atom. The molecule has 0 amide bonds. The van der Waals surface area contributed by atoms with Gasteiger partial charge in [-0.2, -0.15) is 0 Å². The van der Waals surface area contributed by atoms with Gasteiger partial charge in [0.05, 0.1) is 19.9 Å². The molecule has 5 nitrogen and oxygen atoms in total. The predicted octanol–water partition coefficient (Wildman–Crippen LogP) is 1.75. The van der Waals surface area contributed by atoms with E-state index in [0.717, 1.165) is 5.56 Å². The number of aliphatic hydroxyl groups is 1. The Labute approximate surface area is 98.6 Å². The van der Waals surface area contributed by atoms with Gasteiger partial charge in [0.25, 0.3) is 0 Å². The van der Waals surface area contributed by atoms with Crippen LogP contribution in [-0.4, -0.2) is 17.4 Å². The zero-order chi connectivity index (χ0) is 12.1. The van der Waals surface area contributed by atoms with Crippen molar-refractivity contribution in [3.63, 3.8) is 0 Å². The van der Waals surface area contributed by atoms with Crippen LogP contribution in [0.15, 0.2) is 35.0 Å². The molecule has 0 saturated carbocycles. The molecule has 1 heterocycles. The highest BCUT2D eigenvalue weighted by atomic mass is 16.5. The number of hydrogen-bond acceptors (Lipinski definition) is 5. The van der Waals surface area contributed by atoms with Crippen molar-refractivity contribution in [2.24, 2.45) is 0 Å². The monoisotopic (exact) mass is 235 g/mol. The van der Waals surface area contributed by atoms with Crippen molar-refractivity contribution in [3.05, 3.63) is 41.8 Å². The van der Waals surface area contributed by atoms with Gasteiger partial charge in [-0.15, -0.1) is 0 Å². The van der Waals surface area contributed by atoms with E-state index in [1.54, 1.807) is 37.6 Å². The first kappa shape index (κ1) is 11.5. The average Bonchev–Trinajstić information content (AvgIpc) is 2.89. The summed E-state index contributed by atoms with van der Waals surface area (Å²) in [6.45, 7) is 0.258. The highest BCUT2D eigenvalue weighted by Crippen LogP contribution is 2.28. The SMILES string of the molecule is COc1cc(CO)ccc1OCc1ccno1. The lowest BCUT2D eigenvalue weighted by Crippen LogP contribution is -1.97. The van der Waals surface area contributed by atoms with Gasteiger partial charge in [-0.1, -0.05) is 11.2 Å². The van der Waals surface area contributed by atoms with Gasteiger partial charge >= 0.3 is 0 Å². The molecular weight excluding hydrogens is 222 g/mol. The molecule has 2 aromatic rings. The second-order valence-corrected chi connectivity index (χ2v) is 3.41. The minimum atomic E-state index is -0.0290. The molecule has 1 N–H and O–H groups in total. The fourth-order valence-electron chi connectivity index (χ4n) is 1.40. The lowest BCUT2D eigenvalue weighted by atomic mass is 10.2. The summed E-state index contributed by atoms with van der Waals surface area (Å²) in [5.74, 6) is 1.82. The van der Waals surface area contributed by atoms with Crippen molar-refractivity contribution in [2.75, 3.05) is 7.11 Å². The van der Waals surface area contributed by atoms with Crippen LogP contribution < -0.4 is 9.47 Å². The van der Waals surface area contributed by atoms with Crippen LogP contribution in [0.25, 0.3) is 0 Å². The fourth-order valence-corrected chi connectivity index (χ4v) is 1.40. The molecule has 0 atom stereocenters. The Morgan fingerprint density at radius 1 is 1.29 bits per heavy atom. The molecule has 1 aromatic carbocycles. The second-order valence-electron chi connectivity index (χ2n) is 3.41. The van der Waals surface area contributed by atoms with Crippen LogP contribution in [0, 0.1) is 0 Å².